The molecular formula is C12H19N3O5. The highest BCUT2D eigenvalue weighted by molar-refractivity contribution is 6.04. The number of aliphatic carboxylic acids is 1. The molecule has 1 aliphatic heterocycles. The molecule has 0 aromatic heterocycles. The van der Waals surface area contributed by atoms with Crippen LogP contribution >= 0.6 is 0 Å². The number of carbonyl (C=O) groups excluding carboxylic acids is 3. The number of piperazine rings is 1. The maximum absolute atomic E-state index is 12.1. The minimum Gasteiger partial charge on any atom is -0.480 e. The number of hydrogen-bond acceptors (Lipinski definition) is 4. The Bertz CT molecular complexity index is 423. The van der Waals surface area contributed by atoms with Gasteiger partial charge in [0.05, 0.1) is 0 Å². The van der Waals surface area contributed by atoms with E-state index < -0.39 is 35.9 Å². The van der Waals surface area contributed by atoms with Crippen molar-refractivity contribution in [2.24, 2.45) is 0 Å². The van der Waals surface area contributed by atoms with Crippen LogP contribution in [-0.4, -0.2) is 52.4 Å². The molecule has 20 heavy (non-hydrogen) atoms. The van der Waals surface area contributed by atoms with Crippen LogP contribution in [0.4, 0.5) is 4.79 Å². The van der Waals surface area contributed by atoms with E-state index in [1.165, 1.54) is 0 Å². The first-order chi connectivity index (χ1) is 9.40. The number of nitrogens with zero attached hydrogens (tertiary/aromatic N) is 1. The summed E-state index contributed by atoms with van der Waals surface area (Å²) in [5.74, 6) is -2.25. The molecule has 0 aromatic carbocycles. The predicted molar refractivity (Wildman–Crippen MR) is 68.8 cm³/mol. The fraction of sp³-hybridized carbons (Fsp3) is 0.667. The molecule has 1 saturated heterocycles. The van der Waals surface area contributed by atoms with Gasteiger partial charge in [-0.2, -0.15) is 0 Å². The molecule has 0 spiro atoms. The average Bonchev–Trinajstić information content (AvgIpc) is 2.37. The molecule has 1 aliphatic rings. The van der Waals surface area contributed by atoms with Crippen molar-refractivity contribution in [1.82, 2.24) is 15.5 Å². The van der Waals surface area contributed by atoms with E-state index in [1.807, 2.05) is 0 Å². The second-order valence-electron chi connectivity index (χ2n) is 4.59. The van der Waals surface area contributed by atoms with E-state index in [0.29, 0.717) is 12.8 Å². The summed E-state index contributed by atoms with van der Waals surface area (Å²) >= 11 is 0. The van der Waals surface area contributed by atoms with Gasteiger partial charge in [-0.25, -0.2) is 9.59 Å². The van der Waals surface area contributed by atoms with Gasteiger partial charge in [-0.05, 0) is 12.8 Å². The molecule has 8 nitrogen and oxygen atoms in total. The van der Waals surface area contributed by atoms with Crippen molar-refractivity contribution in [3.8, 4) is 0 Å². The third-order valence-electron chi connectivity index (χ3n) is 3.08. The minimum atomic E-state index is -1.14. The van der Waals surface area contributed by atoms with Gasteiger partial charge >= 0.3 is 12.0 Å². The monoisotopic (exact) mass is 285 g/mol. The molecule has 1 rings (SSSR count). The molecule has 3 N–H and O–H groups in total. The maximum Gasteiger partial charge on any atom is 0.326 e. The van der Waals surface area contributed by atoms with Gasteiger partial charge in [0, 0.05) is 0 Å². The first-order valence-corrected chi connectivity index (χ1v) is 6.54. The first-order valence-electron chi connectivity index (χ1n) is 6.54. The molecule has 4 amide bonds. The van der Waals surface area contributed by atoms with Crippen LogP contribution in [0.2, 0.25) is 0 Å². The second kappa shape index (κ2) is 6.88. The third kappa shape index (κ3) is 3.69. The Hall–Kier alpha value is -2.12. The fourth-order valence-electron chi connectivity index (χ4n) is 2.06. The van der Waals surface area contributed by atoms with Gasteiger partial charge in [-0.15, -0.1) is 0 Å². The van der Waals surface area contributed by atoms with Crippen LogP contribution < -0.4 is 10.6 Å². The van der Waals surface area contributed by atoms with Crippen LogP contribution in [0.5, 0.6) is 0 Å². The molecular weight excluding hydrogens is 266 g/mol. The molecule has 2 atom stereocenters. The van der Waals surface area contributed by atoms with Crippen LogP contribution in [0.1, 0.15) is 33.1 Å². The number of urea groups is 1. The highest BCUT2D eigenvalue weighted by atomic mass is 16.4. The van der Waals surface area contributed by atoms with Crippen molar-refractivity contribution in [3.05, 3.63) is 0 Å². The Morgan fingerprint density at radius 2 is 2.10 bits per heavy atom. The number of carboxylic acid groups (broad SMARTS) is 1. The van der Waals surface area contributed by atoms with Crippen LogP contribution in [0, 0.1) is 0 Å². The second-order valence-corrected chi connectivity index (χ2v) is 4.59. The number of carboxylic acids is 1. The van der Waals surface area contributed by atoms with Crippen LogP contribution in [0.15, 0.2) is 0 Å². The standard InChI is InChI=1S/C12H19N3O5/c1-3-5-7(11(18)19)13-12(20)15-6-9(16)14-10(17)8(15)4-2/h7-8H,3-6H2,1-2H3,(H,13,20)(H,18,19)(H,14,16,17). The molecule has 112 valence electrons. The Labute approximate surface area is 116 Å². The molecule has 0 saturated carbocycles. The first kappa shape index (κ1) is 15.9. The van der Waals surface area contributed by atoms with E-state index >= 15 is 0 Å². The van der Waals surface area contributed by atoms with E-state index in [4.69, 9.17) is 5.11 Å². The van der Waals surface area contributed by atoms with Crippen LogP contribution in [0.3, 0.4) is 0 Å². The lowest BCUT2D eigenvalue weighted by Crippen LogP contribution is -2.62. The van der Waals surface area contributed by atoms with Gasteiger partial charge in [0.2, 0.25) is 11.8 Å². The van der Waals surface area contributed by atoms with Crippen molar-refractivity contribution in [2.75, 3.05) is 6.54 Å². The summed E-state index contributed by atoms with van der Waals surface area (Å²) < 4.78 is 0. The van der Waals surface area contributed by atoms with E-state index in [-0.39, 0.29) is 13.0 Å². The Kier molecular flexibility index (Phi) is 5.48. The SMILES string of the molecule is CCCC(NC(=O)N1CC(=O)NC(=O)C1CC)C(=O)O. The van der Waals surface area contributed by atoms with Gasteiger partial charge in [0.25, 0.3) is 0 Å². The number of carbonyl (C=O) groups is 4. The number of rotatable bonds is 5. The van der Waals surface area contributed by atoms with Crippen molar-refractivity contribution in [3.63, 3.8) is 0 Å². The normalized spacial score (nSPS) is 20.3. The Balaban J connectivity index is 2.79. The molecule has 0 aromatic rings. The van der Waals surface area contributed by atoms with Crippen LogP contribution in [0.25, 0.3) is 0 Å². The van der Waals surface area contributed by atoms with Crippen LogP contribution in [-0.2, 0) is 14.4 Å². The van der Waals surface area contributed by atoms with Gasteiger partial charge in [-0.3, -0.25) is 14.9 Å². The smallest absolute Gasteiger partial charge is 0.326 e. The largest absolute Gasteiger partial charge is 0.480 e. The topological polar surface area (TPSA) is 116 Å². The molecule has 0 radical (unpaired) electrons. The number of amides is 4. The summed E-state index contributed by atoms with van der Waals surface area (Å²) in [6.45, 7) is 3.25. The lowest BCUT2D eigenvalue weighted by molar-refractivity contribution is -0.139. The summed E-state index contributed by atoms with van der Waals surface area (Å²) in [5.41, 5.74) is 0. The van der Waals surface area contributed by atoms with Crippen molar-refractivity contribution in [2.45, 2.75) is 45.2 Å². The minimum absolute atomic E-state index is 0.255. The molecule has 2 unspecified atom stereocenters. The van der Waals surface area contributed by atoms with E-state index in [9.17, 15) is 19.2 Å². The molecule has 8 heteroatoms. The van der Waals surface area contributed by atoms with E-state index in [1.54, 1.807) is 13.8 Å². The zero-order valence-corrected chi connectivity index (χ0v) is 11.5. The number of hydrogen-bond donors (Lipinski definition) is 3. The zero-order valence-electron chi connectivity index (χ0n) is 11.5. The zero-order chi connectivity index (χ0) is 15.3. The summed E-state index contributed by atoms with van der Waals surface area (Å²) in [6.07, 6.45) is 1.22. The van der Waals surface area contributed by atoms with E-state index in [2.05, 4.69) is 10.6 Å². The summed E-state index contributed by atoms with van der Waals surface area (Å²) in [6, 6.07) is -2.49. The number of nitrogens with one attached hydrogen (secondary N) is 2. The van der Waals surface area contributed by atoms with Crippen molar-refractivity contribution < 1.29 is 24.3 Å². The highest BCUT2D eigenvalue weighted by Gasteiger charge is 2.36. The average molecular weight is 285 g/mol. The van der Waals surface area contributed by atoms with Gasteiger partial charge in [-0.1, -0.05) is 20.3 Å². The predicted octanol–water partition coefficient (Wildman–Crippen LogP) is -0.314. The molecule has 0 bridgehead atoms. The van der Waals surface area contributed by atoms with Gasteiger partial charge < -0.3 is 15.3 Å². The molecule has 1 heterocycles. The Morgan fingerprint density at radius 3 is 2.60 bits per heavy atom. The van der Waals surface area contributed by atoms with Crippen molar-refractivity contribution in [1.29, 1.82) is 0 Å². The van der Waals surface area contributed by atoms with Crippen molar-refractivity contribution >= 4 is 23.8 Å². The number of imide groups is 1. The lowest BCUT2D eigenvalue weighted by Gasteiger charge is -2.34. The summed E-state index contributed by atoms with van der Waals surface area (Å²) in [4.78, 5) is 47.1. The molecule has 1 fully saturated rings. The van der Waals surface area contributed by atoms with Gasteiger partial charge in [0.15, 0.2) is 0 Å². The quantitative estimate of drug-likeness (QED) is 0.599. The molecule has 0 aliphatic carbocycles. The van der Waals surface area contributed by atoms with E-state index in [0.717, 1.165) is 4.90 Å². The lowest BCUT2D eigenvalue weighted by atomic mass is 10.1. The van der Waals surface area contributed by atoms with Gasteiger partial charge in [0.1, 0.15) is 18.6 Å². The summed E-state index contributed by atoms with van der Waals surface area (Å²) in [5, 5.41) is 13.5. The fourth-order valence-corrected chi connectivity index (χ4v) is 2.06. The third-order valence-corrected chi connectivity index (χ3v) is 3.08. The highest BCUT2D eigenvalue weighted by Crippen LogP contribution is 2.10. The Morgan fingerprint density at radius 1 is 1.45 bits per heavy atom. The summed E-state index contributed by atoms with van der Waals surface area (Å²) in [7, 11) is 0. The maximum atomic E-state index is 12.1.